The van der Waals surface area contributed by atoms with Crippen LogP contribution in [0.2, 0.25) is 0 Å². The van der Waals surface area contributed by atoms with Gasteiger partial charge in [-0.3, -0.25) is 9.59 Å². The van der Waals surface area contributed by atoms with Crippen molar-refractivity contribution in [3.63, 3.8) is 0 Å². The lowest BCUT2D eigenvalue weighted by Crippen LogP contribution is -2.29. The zero-order valence-corrected chi connectivity index (χ0v) is 11.0. The summed E-state index contributed by atoms with van der Waals surface area (Å²) in [5.41, 5.74) is 6.42. The number of anilines is 1. The van der Waals surface area contributed by atoms with Gasteiger partial charge in [-0.15, -0.1) is 0 Å². The van der Waals surface area contributed by atoms with Gasteiger partial charge >= 0.3 is 5.97 Å². The first kappa shape index (κ1) is 14.8. The van der Waals surface area contributed by atoms with Gasteiger partial charge in [-0.05, 0) is 18.1 Å². The molecule has 0 heterocycles. The number of carboxylic acids is 1. The van der Waals surface area contributed by atoms with Crippen LogP contribution in [0.25, 0.3) is 0 Å². The van der Waals surface area contributed by atoms with Crippen molar-refractivity contribution in [1.29, 1.82) is 0 Å². The third-order valence-corrected chi connectivity index (χ3v) is 2.64. The summed E-state index contributed by atoms with van der Waals surface area (Å²) in [5.74, 6) is -0.766. The first-order chi connectivity index (χ1) is 8.93. The summed E-state index contributed by atoms with van der Waals surface area (Å²) in [5, 5.41) is 11.3. The molecule has 1 atom stereocenters. The molecule has 0 spiro atoms. The number of rotatable bonds is 6. The molecule has 19 heavy (non-hydrogen) atoms. The zero-order chi connectivity index (χ0) is 14.4. The van der Waals surface area contributed by atoms with Crippen LogP contribution in [0, 0.1) is 5.92 Å². The summed E-state index contributed by atoms with van der Waals surface area (Å²) in [6.45, 7) is 2.04. The number of amides is 1. The number of aliphatic carboxylic acids is 1. The van der Waals surface area contributed by atoms with Crippen LogP contribution >= 0.6 is 0 Å². The second kappa shape index (κ2) is 6.63. The molecule has 4 N–H and O–H groups in total. The second-order valence-corrected chi connectivity index (χ2v) is 4.37. The Hall–Kier alpha value is -2.24. The Bertz CT molecular complexity index is 474. The van der Waals surface area contributed by atoms with E-state index in [4.69, 9.17) is 15.6 Å². The maximum absolute atomic E-state index is 11.9. The Kier molecular flexibility index (Phi) is 5.17. The topological polar surface area (TPSA) is 102 Å². The summed E-state index contributed by atoms with van der Waals surface area (Å²) in [7, 11) is 1.52. The highest BCUT2D eigenvalue weighted by Gasteiger charge is 2.13. The minimum atomic E-state index is -0.884. The minimum absolute atomic E-state index is 0.0123. The zero-order valence-electron chi connectivity index (χ0n) is 11.0. The van der Waals surface area contributed by atoms with Gasteiger partial charge < -0.3 is 20.9 Å². The summed E-state index contributed by atoms with van der Waals surface area (Å²) in [4.78, 5) is 22.4. The quantitative estimate of drug-likeness (QED) is 0.670. The highest BCUT2D eigenvalue weighted by molar-refractivity contribution is 5.99. The lowest BCUT2D eigenvalue weighted by Gasteiger charge is -2.12. The van der Waals surface area contributed by atoms with Crippen LogP contribution in [0.15, 0.2) is 18.2 Å². The molecule has 6 heteroatoms. The molecule has 0 bridgehead atoms. The number of carboxylic acid groups (broad SMARTS) is 1. The predicted octanol–water partition coefficient (Wildman–Crippen LogP) is 1.12. The molecule has 0 saturated heterocycles. The number of hydrogen-bond acceptors (Lipinski definition) is 4. The predicted molar refractivity (Wildman–Crippen MR) is 71.2 cm³/mol. The summed E-state index contributed by atoms with van der Waals surface area (Å²) in [6, 6.07) is 4.78. The maximum atomic E-state index is 11.9. The molecule has 1 amide bonds. The summed E-state index contributed by atoms with van der Waals surface area (Å²) < 4.78 is 4.99. The third kappa shape index (κ3) is 4.50. The van der Waals surface area contributed by atoms with Crippen LogP contribution < -0.4 is 15.8 Å². The SMILES string of the molecule is COc1ccc(C(=O)NCC(C)CC(=O)O)c(N)c1. The number of hydrogen-bond donors (Lipinski definition) is 3. The lowest BCUT2D eigenvalue weighted by molar-refractivity contribution is -0.137. The number of benzene rings is 1. The third-order valence-electron chi connectivity index (χ3n) is 2.64. The van der Waals surface area contributed by atoms with Crippen LogP contribution in [0.3, 0.4) is 0 Å². The number of nitrogen functional groups attached to an aromatic ring is 1. The lowest BCUT2D eigenvalue weighted by atomic mass is 10.1. The number of nitrogens with one attached hydrogen (secondary N) is 1. The number of methoxy groups -OCH3 is 1. The first-order valence-corrected chi connectivity index (χ1v) is 5.87. The summed E-state index contributed by atoms with van der Waals surface area (Å²) in [6.07, 6.45) is 0.0123. The minimum Gasteiger partial charge on any atom is -0.497 e. The molecule has 0 aliphatic rings. The van der Waals surface area contributed by atoms with Gasteiger partial charge in [0.25, 0.3) is 5.91 Å². The molecule has 1 unspecified atom stereocenters. The fourth-order valence-corrected chi connectivity index (χ4v) is 1.61. The largest absolute Gasteiger partial charge is 0.497 e. The van der Waals surface area contributed by atoms with Gasteiger partial charge in [0.2, 0.25) is 0 Å². The number of carbonyl (C=O) groups is 2. The fourth-order valence-electron chi connectivity index (χ4n) is 1.61. The van der Waals surface area contributed by atoms with E-state index in [1.807, 2.05) is 0 Å². The monoisotopic (exact) mass is 266 g/mol. The molecular weight excluding hydrogens is 248 g/mol. The number of ether oxygens (including phenoxy) is 1. The smallest absolute Gasteiger partial charge is 0.303 e. The average molecular weight is 266 g/mol. The number of carbonyl (C=O) groups excluding carboxylic acids is 1. The molecule has 0 aromatic heterocycles. The Balaban J connectivity index is 2.61. The molecular formula is C13H18N2O4. The van der Waals surface area contributed by atoms with Crippen molar-refractivity contribution in [3.8, 4) is 5.75 Å². The average Bonchev–Trinajstić information content (AvgIpc) is 2.35. The van der Waals surface area contributed by atoms with E-state index in [0.717, 1.165) is 0 Å². The van der Waals surface area contributed by atoms with Gasteiger partial charge in [-0.1, -0.05) is 6.92 Å². The van der Waals surface area contributed by atoms with Crippen molar-refractivity contribution in [2.45, 2.75) is 13.3 Å². The molecule has 0 aliphatic carbocycles. The van der Waals surface area contributed by atoms with Gasteiger partial charge in [-0.25, -0.2) is 0 Å². The molecule has 0 aliphatic heterocycles. The molecule has 6 nitrogen and oxygen atoms in total. The van der Waals surface area contributed by atoms with Gasteiger partial charge in [-0.2, -0.15) is 0 Å². The molecule has 0 saturated carbocycles. The van der Waals surface area contributed by atoms with Gasteiger partial charge in [0, 0.05) is 24.7 Å². The maximum Gasteiger partial charge on any atom is 0.303 e. The van der Waals surface area contributed by atoms with Crippen LogP contribution in [0.1, 0.15) is 23.7 Å². The fraction of sp³-hybridized carbons (Fsp3) is 0.385. The highest BCUT2D eigenvalue weighted by Crippen LogP contribution is 2.19. The van der Waals surface area contributed by atoms with Crippen LogP contribution in [-0.2, 0) is 4.79 Å². The van der Waals surface area contributed by atoms with Gasteiger partial charge in [0.1, 0.15) is 5.75 Å². The van der Waals surface area contributed by atoms with Crippen LogP contribution in [0.5, 0.6) is 5.75 Å². The van der Waals surface area contributed by atoms with E-state index in [-0.39, 0.29) is 24.8 Å². The van der Waals surface area contributed by atoms with E-state index in [1.165, 1.54) is 7.11 Å². The van der Waals surface area contributed by atoms with E-state index < -0.39 is 5.97 Å². The van der Waals surface area contributed by atoms with Crippen molar-refractivity contribution in [1.82, 2.24) is 5.32 Å². The van der Waals surface area contributed by atoms with Crippen LogP contribution in [-0.4, -0.2) is 30.6 Å². The van der Waals surface area contributed by atoms with E-state index >= 15 is 0 Å². The second-order valence-electron chi connectivity index (χ2n) is 4.37. The molecule has 0 radical (unpaired) electrons. The standard InChI is InChI=1S/C13H18N2O4/c1-8(5-12(16)17)7-15-13(18)10-4-3-9(19-2)6-11(10)14/h3-4,6,8H,5,7,14H2,1-2H3,(H,15,18)(H,16,17). The van der Waals surface area contributed by atoms with Crippen molar-refractivity contribution < 1.29 is 19.4 Å². The van der Waals surface area contributed by atoms with E-state index in [2.05, 4.69) is 5.32 Å². The normalized spacial score (nSPS) is 11.7. The van der Waals surface area contributed by atoms with E-state index in [9.17, 15) is 9.59 Å². The Morgan fingerprint density at radius 3 is 2.68 bits per heavy atom. The van der Waals surface area contributed by atoms with Gasteiger partial charge in [0.05, 0.1) is 12.7 Å². The van der Waals surface area contributed by atoms with E-state index in [0.29, 0.717) is 17.0 Å². The molecule has 1 rings (SSSR count). The Labute approximate surface area is 111 Å². The molecule has 1 aromatic carbocycles. The highest BCUT2D eigenvalue weighted by atomic mass is 16.5. The number of nitrogens with two attached hydrogens (primary N) is 1. The van der Waals surface area contributed by atoms with E-state index in [1.54, 1.807) is 25.1 Å². The molecule has 0 fully saturated rings. The van der Waals surface area contributed by atoms with Crippen molar-refractivity contribution in [2.24, 2.45) is 5.92 Å². The first-order valence-electron chi connectivity index (χ1n) is 5.87. The van der Waals surface area contributed by atoms with Crippen LogP contribution in [0.4, 0.5) is 5.69 Å². The Morgan fingerprint density at radius 2 is 2.16 bits per heavy atom. The molecule has 1 aromatic rings. The van der Waals surface area contributed by atoms with Crippen molar-refractivity contribution in [3.05, 3.63) is 23.8 Å². The van der Waals surface area contributed by atoms with Crippen molar-refractivity contribution >= 4 is 17.6 Å². The molecule has 104 valence electrons. The van der Waals surface area contributed by atoms with Gasteiger partial charge in [0.15, 0.2) is 0 Å². The summed E-state index contributed by atoms with van der Waals surface area (Å²) >= 11 is 0. The Morgan fingerprint density at radius 1 is 1.47 bits per heavy atom. The van der Waals surface area contributed by atoms with Crippen molar-refractivity contribution in [2.75, 3.05) is 19.4 Å².